The van der Waals surface area contributed by atoms with E-state index in [1.165, 1.54) is 0 Å². The van der Waals surface area contributed by atoms with E-state index in [9.17, 15) is 18.0 Å². The van der Waals surface area contributed by atoms with Gasteiger partial charge in [0.05, 0.1) is 22.7 Å². The number of sulfonamides is 1. The van der Waals surface area contributed by atoms with Gasteiger partial charge >= 0.3 is 5.97 Å². The number of nitrogens with one attached hydrogen (secondary N) is 2. The lowest BCUT2D eigenvalue weighted by Crippen LogP contribution is -2.48. The van der Waals surface area contributed by atoms with Crippen molar-refractivity contribution in [1.82, 2.24) is 5.32 Å². The van der Waals surface area contributed by atoms with Crippen LogP contribution >= 0.6 is 11.6 Å². The molecule has 266 valence electrons. The molecule has 0 aliphatic rings. The molecule has 0 aliphatic heterocycles. The second-order valence-electron chi connectivity index (χ2n) is 14.0. The van der Waals surface area contributed by atoms with Gasteiger partial charge in [-0.25, -0.2) is 13.2 Å². The number of hydrogen-bond acceptors (Lipinski definition) is 7. The third-order valence-corrected chi connectivity index (χ3v) is 9.27. The maximum atomic E-state index is 13.8. The van der Waals surface area contributed by atoms with Crippen molar-refractivity contribution in [1.29, 1.82) is 0 Å². The smallest absolute Gasteiger partial charge is 0.331 e. The molecule has 0 fully saturated rings. The van der Waals surface area contributed by atoms with Gasteiger partial charge in [0.15, 0.2) is 6.04 Å². The lowest BCUT2D eigenvalue weighted by atomic mass is 10.0. The summed E-state index contributed by atoms with van der Waals surface area (Å²) in [5, 5.41) is 3.28. The Bertz CT molecular complexity index is 1950. The molecule has 9 nitrogen and oxygen atoms in total. The van der Waals surface area contributed by atoms with E-state index in [2.05, 4.69) is 10.0 Å². The van der Waals surface area contributed by atoms with Crippen LogP contribution in [0.2, 0.25) is 5.02 Å². The van der Waals surface area contributed by atoms with Gasteiger partial charge in [-0.2, -0.15) is 0 Å². The Labute approximate surface area is 300 Å². The quantitative estimate of drug-likeness (QED) is 0.141. The highest BCUT2D eigenvalue weighted by Crippen LogP contribution is 2.31. The molecule has 4 aromatic carbocycles. The second-order valence-corrected chi connectivity index (χ2v) is 16.1. The zero-order valence-electron chi connectivity index (χ0n) is 29.7. The van der Waals surface area contributed by atoms with Crippen molar-refractivity contribution in [3.8, 4) is 16.9 Å². The Morgan fingerprint density at radius 3 is 2.14 bits per heavy atom. The molecule has 0 spiro atoms. The molecule has 1 atom stereocenters. The highest BCUT2D eigenvalue weighted by atomic mass is 35.5. The summed E-state index contributed by atoms with van der Waals surface area (Å²) >= 11 is 6.20. The van der Waals surface area contributed by atoms with Gasteiger partial charge in [0.1, 0.15) is 18.0 Å². The first-order chi connectivity index (χ1) is 23.3. The fourth-order valence-corrected chi connectivity index (χ4v) is 6.45. The van der Waals surface area contributed by atoms with Gasteiger partial charge < -0.3 is 19.5 Å². The minimum atomic E-state index is -3.93. The number of aryl methyl sites for hydroxylation is 2. The van der Waals surface area contributed by atoms with Gasteiger partial charge in [-0.3, -0.25) is 9.52 Å². The first kappa shape index (κ1) is 38.4. The van der Waals surface area contributed by atoms with E-state index in [1.807, 2.05) is 57.2 Å². The fraction of sp³-hybridized carbons (Fsp3) is 0.333. The van der Waals surface area contributed by atoms with Gasteiger partial charge in [0.25, 0.3) is 15.9 Å². The summed E-state index contributed by atoms with van der Waals surface area (Å²) in [6, 6.07) is 23.6. The number of carbonyl (C=O) groups excluding carboxylic acids is 2. The van der Waals surface area contributed by atoms with Crippen LogP contribution in [0.4, 0.5) is 5.69 Å². The average Bonchev–Trinajstić information content (AvgIpc) is 3.02. The molecule has 0 aliphatic carbocycles. The Kier molecular flexibility index (Phi) is 12.0. The van der Waals surface area contributed by atoms with E-state index in [4.69, 9.17) is 25.8 Å². The summed E-state index contributed by atoms with van der Waals surface area (Å²) in [6.07, 6.45) is 0. The molecule has 0 aromatic heterocycles. The largest absolute Gasteiger partial charge is 0.488 e. The molecule has 0 heterocycles. The van der Waals surface area contributed by atoms with Gasteiger partial charge in [-0.05, 0) is 120 Å². The molecule has 0 bridgehead atoms. The van der Waals surface area contributed by atoms with Gasteiger partial charge in [-0.1, -0.05) is 60.1 Å². The van der Waals surface area contributed by atoms with E-state index >= 15 is 0 Å². The number of carbonyl (C=O) groups is 2. The van der Waals surface area contributed by atoms with Crippen LogP contribution in [0.5, 0.6) is 5.75 Å². The Hall–Kier alpha value is -4.38. The zero-order chi connectivity index (χ0) is 36.9. The zero-order valence-corrected chi connectivity index (χ0v) is 31.3. The molecule has 4 rings (SSSR count). The van der Waals surface area contributed by atoms with Crippen molar-refractivity contribution in [2.75, 3.05) is 11.3 Å². The minimum absolute atomic E-state index is 0.0970. The highest BCUT2D eigenvalue weighted by molar-refractivity contribution is 7.92. The number of benzene rings is 4. The summed E-state index contributed by atoms with van der Waals surface area (Å²) in [6.45, 7) is 14.3. The van der Waals surface area contributed by atoms with E-state index in [0.29, 0.717) is 33.0 Å². The predicted octanol–water partition coefficient (Wildman–Crippen LogP) is 8.26. The van der Waals surface area contributed by atoms with Crippen LogP contribution in [0.3, 0.4) is 0 Å². The predicted molar refractivity (Wildman–Crippen MR) is 197 cm³/mol. The van der Waals surface area contributed by atoms with Crippen molar-refractivity contribution in [2.45, 2.75) is 84.1 Å². The molecule has 0 radical (unpaired) electrons. The number of rotatable bonds is 12. The summed E-state index contributed by atoms with van der Waals surface area (Å²) in [5.74, 6) is -0.911. The molecule has 1 amide bonds. The SMILES string of the molecule is Cc1cc(S(=O)(=O)Nc2cccc(-c3ccc(C(=O)N[C@@H](COC(C)(C)C)C(=O)OC(C)(C)C)c(OCc4ccccc4)c3)c2)c(C)cc1Cl. The molecule has 0 saturated carbocycles. The topological polar surface area (TPSA) is 120 Å². The summed E-state index contributed by atoms with van der Waals surface area (Å²) in [5.41, 5.74) is 2.61. The van der Waals surface area contributed by atoms with Crippen molar-refractivity contribution in [3.63, 3.8) is 0 Å². The number of anilines is 1. The van der Waals surface area contributed by atoms with Crippen molar-refractivity contribution in [2.24, 2.45) is 0 Å². The molecule has 4 aromatic rings. The van der Waals surface area contributed by atoms with Crippen LogP contribution in [0.15, 0.2) is 89.8 Å². The number of esters is 1. The molecule has 50 heavy (non-hydrogen) atoms. The number of ether oxygens (including phenoxy) is 3. The van der Waals surface area contributed by atoms with Crippen LogP contribution in [0, 0.1) is 13.8 Å². The first-order valence-electron chi connectivity index (χ1n) is 16.2. The highest BCUT2D eigenvalue weighted by Gasteiger charge is 2.30. The van der Waals surface area contributed by atoms with Crippen LogP contribution in [-0.2, 0) is 30.9 Å². The van der Waals surface area contributed by atoms with Crippen molar-refractivity contribution >= 4 is 39.2 Å². The lowest BCUT2D eigenvalue weighted by molar-refractivity contribution is -0.160. The summed E-state index contributed by atoms with van der Waals surface area (Å²) < 4.78 is 47.1. The van der Waals surface area contributed by atoms with E-state index in [-0.39, 0.29) is 29.4 Å². The normalized spacial score (nSPS) is 12.6. The Morgan fingerprint density at radius 2 is 1.48 bits per heavy atom. The standard InChI is InChI=1S/C39H45ClN2O7S/c1-25-20-35(26(2)19-32(25)40)50(45,46)42-30-16-12-15-28(21-30)29-17-18-31(34(22-29)47-23-27-13-10-9-11-14-27)36(43)41-33(24-48-38(3,4)5)37(44)49-39(6,7)8/h9-22,33,42H,23-24H2,1-8H3,(H,41,43)/t33-/m0/s1. The third-order valence-electron chi connectivity index (χ3n) is 7.34. The Morgan fingerprint density at radius 1 is 0.800 bits per heavy atom. The maximum Gasteiger partial charge on any atom is 0.331 e. The monoisotopic (exact) mass is 720 g/mol. The summed E-state index contributed by atoms with van der Waals surface area (Å²) in [4.78, 5) is 27.1. The van der Waals surface area contributed by atoms with E-state index in [1.54, 1.807) is 83.1 Å². The van der Waals surface area contributed by atoms with Gasteiger partial charge in [0.2, 0.25) is 0 Å². The fourth-order valence-electron chi connectivity index (χ4n) is 4.87. The second kappa shape index (κ2) is 15.7. The van der Waals surface area contributed by atoms with Gasteiger partial charge in [0, 0.05) is 10.7 Å². The molecular weight excluding hydrogens is 676 g/mol. The van der Waals surface area contributed by atoms with Crippen LogP contribution in [-0.4, -0.2) is 44.1 Å². The van der Waals surface area contributed by atoms with E-state index < -0.39 is 39.1 Å². The van der Waals surface area contributed by atoms with Crippen LogP contribution < -0.4 is 14.8 Å². The molecule has 11 heteroatoms. The van der Waals surface area contributed by atoms with Gasteiger partial charge in [-0.15, -0.1) is 0 Å². The third kappa shape index (κ3) is 10.8. The van der Waals surface area contributed by atoms with Crippen molar-refractivity contribution in [3.05, 3.63) is 112 Å². The molecular formula is C39H45ClN2O7S. The minimum Gasteiger partial charge on any atom is -0.488 e. The lowest BCUT2D eigenvalue weighted by Gasteiger charge is -2.27. The molecule has 0 saturated heterocycles. The summed E-state index contributed by atoms with van der Waals surface area (Å²) in [7, 11) is -3.93. The van der Waals surface area contributed by atoms with Crippen molar-refractivity contribution < 1.29 is 32.2 Å². The first-order valence-corrected chi connectivity index (χ1v) is 18.1. The van der Waals surface area contributed by atoms with Crippen LogP contribution in [0.25, 0.3) is 11.1 Å². The van der Waals surface area contributed by atoms with Crippen LogP contribution in [0.1, 0.15) is 68.6 Å². The average molecular weight is 721 g/mol. The molecule has 2 N–H and O–H groups in total. The van der Waals surface area contributed by atoms with E-state index in [0.717, 1.165) is 5.56 Å². The Balaban J connectivity index is 1.67. The maximum absolute atomic E-state index is 13.8. The number of amides is 1. The number of halogens is 1. The molecule has 0 unspecified atom stereocenters. The number of hydrogen-bond donors (Lipinski definition) is 2.